The van der Waals surface area contributed by atoms with Crippen molar-refractivity contribution in [3.8, 4) is 0 Å². The molecule has 1 saturated heterocycles. The Morgan fingerprint density at radius 2 is 1.62 bits per heavy atom. The summed E-state index contributed by atoms with van der Waals surface area (Å²) in [5.41, 5.74) is 0. The van der Waals surface area contributed by atoms with Crippen LogP contribution < -0.4 is 69.3 Å². The van der Waals surface area contributed by atoms with Gasteiger partial charge in [0.2, 0.25) is 0 Å². The summed E-state index contributed by atoms with van der Waals surface area (Å²) in [5.74, 6) is -9.31. The normalized spacial score (nSPS) is 22.8. The molecule has 0 radical (unpaired) electrons. The first-order valence-corrected chi connectivity index (χ1v) is 3.59. The number of esters is 2. The van der Waals surface area contributed by atoms with Crippen molar-refractivity contribution in [1.82, 2.24) is 0 Å². The molecule has 1 rings (SSSR count). The van der Waals surface area contributed by atoms with Crippen LogP contribution in [-0.4, -0.2) is 23.9 Å². The Morgan fingerprint density at radius 3 is 2.00 bits per heavy atom. The van der Waals surface area contributed by atoms with Gasteiger partial charge >= 0.3 is 71.1 Å². The first-order chi connectivity index (χ1) is 6.43. The number of carboxylic acid groups (broad SMARTS) is 2. The van der Waals surface area contributed by atoms with Crippen molar-refractivity contribution in [2.75, 3.05) is 0 Å². The van der Waals surface area contributed by atoms with Crippen LogP contribution in [0.25, 0.3) is 0 Å². The number of carbonyl (C=O) groups is 4. The molecule has 1 aliphatic rings. The Balaban J connectivity index is 0. The molecule has 76 valence electrons. The fourth-order valence-electron chi connectivity index (χ4n) is 1.18. The predicted octanol–water partition coefficient (Wildman–Crippen LogP) is -9.80. The van der Waals surface area contributed by atoms with E-state index in [4.69, 9.17) is 0 Å². The Morgan fingerprint density at radius 1 is 1.12 bits per heavy atom. The van der Waals surface area contributed by atoms with E-state index in [-0.39, 0.29) is 59.1 Å². The second-order valence-corrected chi connectivity index (χ2v) is 2.72. The zero-order valence-electron chi connectivity index (χ0n) is 8.72. The quantitative estimate of drug-likeness (QED) is 0.275. The number of aliphatic carboxylic acids is 2. The monoisotopic (exact) mass is 246 g/mol. The van der Waals surface area contributed by atoms with Crippen LogP contribution >= 0.6 is 0 Å². The Hall–Kier alpha value is 0.0800. The Labute approximate surface area is 134 Å². The largest absolute Gasteiger partial charge is 1.00 e. The Kier molecular flexibility index (Phi) is 8.55. The standard InChI is InChI=1S/C7H6O7.2Na/c8-3(9)1-2-4(5(10)11)7(13)14-6(2)12;;/h2,4H,1H2,(H,8,9)(H,10,11);;/q;2*+1/p-2. The number of carbonyl (C=O) groups excluding carboxylic acids is 4. The summed E-state index contributed by atoms with van der Waals surface area (Å²) in [6.45, 7) is 0. The van der Waals surface area contributed by atoms with Crippen molar-refractivity contribution in [3.63, 3.8) is 0 Å². The summed E-state index contributed by atoms with van der Waals surface area (Å²) >= 11 is 0. The number of ether oxygens (including phenoxy) is 1. The van der Waals surface area contributed by atoms with Gasteiger partial charge in [-0.05, 0) is 0 Å². The van der Waals surface area contributed by atoms with Gasteiger partial charge in [0, 0.05) is 12.4 Å². The second-order valence-electron chi connectivity index (χ2n) is 2.72. The SMILES string of the molecule is O=C([O-])CC1C(=O)OC(=O)C1C(=O)[O-].[Na+].[Na+]. The van der Waals surface area contributed by atoms with E-state index >= 15 is 0 Å². The number of cyclic esters (lactones) is 2. The predicted molar refractivity (Wildman–Crippen MR) is 32.7 cm³/mol. The zero-order valence-corrected chi connectivity index (χ0v) is 12.7. The van der Waals surface area contributed by atoms with Gasteiger partial charge < -0.3 is 24.5 Å². The molecule has 0 amide bonds. The molecule has 0 aliphatic carbocycles. The van der Waals surface area contributed by atoms with E-state index < -0.39 is 42.1 Å². The fraction of sp³-hybridized carbons (Fsp3) is 0.429. The van der Waals surface area contributed by atoms with E-state index in [0.717, 1.165) is 0 Å². The summed E-state index contributed by atoms with van der Waals surface area (Å²) in [6, 6.07) is 0. The molecular weight excluding hydrogens is 242 g/mol. The van der Waals surface area contributed by atoms with Gasteiger partial charge in [-0.3, -0.25) is 9.59 Å². The molecule has 7 nitrogen and oxygen atoms in total. The summed E-state index contributed by atoms with van der Waals surface area (Å²) in [4.78, 5) is 42.1. The molecule has 0 aromatic rings. The van der Waals surface area contributed by atoms with Crippen LogP contribution in [0.2, 0.25) is 0 Å². The third-order valence-electron chi connectivity index (χ3n) is 1.80. The molecule has 9 heteroatoms. The van der Waals surface area contributed by atoms with Gasteiger partial charge in [-0.25, -0.2) is 0 Å². The van der Waals surface area contributed by atoms with Gasteiger partial charge in [-0.15, -0.1) is 0 Å². The van der Waals surface area contributed by atoms with E-state index in [9.17, 15) is 29.4 Å². The van der Waals surface area contributed by atoms with Gasteiger partial charge in [-0.1, -0.05) is 0 Å². The van der Waals surface area contributed by atoms with E-state index in [1.807, 2.05) is 0 Å². The molecule has 0 aromatic carbocycles. The smallest absolute Gasteiger partial charge is 0.550 e. The fourth-order valence-corrected chi connectivity index (χ4v) is 1.18. The van der Waals surface area contributed by atoms with Gasteiger partial charge in [-0.2, -0.15) is 0 Å². The molecule has 1 heterocycles. The Bertz CT molecular complexity index is 327. The molecule has 1 fully saturated rings. The topological polar surface area (TPSA) is 124 Å². The molecule has 0 saturated carbocycles. The molecule has 16 heavy (non-hydrogen) atoms. The maximum atomic E-state index is 10.8. The van der Waals surface area contributed by atoms with Gasteiger partial charge in [0.15, 0.2) is 0 Å². The molecule has 0 spiro atoms. The van der Waals surface area contributed by atoms with Crippen molar-refractivity contribution < 1.29 is 93.2 Å². The minimum atomic E-state index is -1.85. The van der Waals surface area contributed by atoms with Crippen LogP contribution in [-0.2, 0) is 23.9 Å². The average molecular weight is 246 g/mol. The summed E-state index contributed by atoms with van der Waals surface area (Å²) < 4.78 is 3.96. The molecule has 0 N–H and O–H groups in total. The number of hydrogen-bond donors (Lipinski definition) is 0. The summed E-state index contributed by atoms with van der Waals surface area (Å²) in [5, 5.41) is 20.5. The van der Waals surface area contributed by atoms with Crippen molar-refractivity contribution in [2.45, 2.75) is 6.42 Å². The van der Waals surface area contributed by atoms with Crippen LogP contribution in [0.5, 0.6) is 0 Å². The molecule has 2 unspecified atom stereocenters. The first kappa shape index (κ1) is 18.4. The first-order valence-electron chi connectivity index (χ1n) is 3.59. The van der Waals surface area contributed by atoms with E-state index in [2.05, 4.69) is 4.74 Å². The van der Waals surface area contributed by atoms with Gasteiger partial charge in [0.05, 0.1) is 11.9 Å². The van der Waals surface area contributed by atoms with Crippen LogP contribution in [0.1, 0.15) is 6.42 Å². The van der Waals surface area contributed by atoms with Crippen LogP contribution in [0.15, 0.2) is 0 Å². The van der Waals surface area contributed by atoms with Crippen LogP contribution in [0.3, 0.4) is 0 Å². The van der Waals surface area contributed by atoms with Crippen LogP contribution in [0, 0.1) is 11.8 Å². The maximum absolute atomic E-state index is 10.8. The maximum Gasteiger partial charge on any atom is 1.00 e. The summed E-state index contributed by atoms with van der Waals surface area (Å²) in [7, 11) is 0. The summed E-state index contributed by atoms with van der Waals surface area (Å²) in [6.07, 6.45) is -0.872. The average Bonchev–Trinajstić information content (AvgIpc) is 2.25. The van der Waals surface area contributed by atoms with E-state index in [1.54, 1.807) is 0 Å². The molecule has 0 aromatic heterocycles. The number of carboxylic acids is 2. The van der Waals surface area contributed by atoms with Crippen molar-refractivity contribution in [3.05, 3.63) is 0 Å². The third kappa shape index (κ3) is 4.15. The zero-order chi connectivity index (χ0) is 10.9. The molecule has 2 atom stereocenters. The van der Waals surface area contributed by atoms with E-state index in [0.29, 0.717) is 0 Å². The van der Waals surface area contributed by atoms with Crippen molar-refractivity contribution >= 4 is 23.9 Å². The molecular formula is C7H4Na2O7. The van der Waals surface area contributed by atoms with Crippen molar-refractivity contribution in [2.24, 2.45) is 11.8 Å². The molecule has 1 aliphatic heterocycles. The minimum absolute atomic E-state index is 0. The van der Waals surface area contributed by atoms with Gasteiger partial charge in [0.25, 0.3) is 0 Å². The third-order valence-corrected chi connectivity index (χ3v) is 1.80. The number of hydrogen-bond acceptors (Lipinski definition) is 7. The van der Waals surface area contributed by atoms with Crippen molar-refractivity contribution in [1.29, 1.82) is 0 Å². The number of rotatable bonds is 3. The minimum Gasteiger partial charge on any atom is -0.550 e. The van der Waals surface area contributed by atoms with Crippen LogP contribution in [0.4, 0.5) is 0 Å². The molecule has 0 bridgehead atoms. The second kappa shape index (κ2) is 7.41. The van der Waals surface area contributed by atoms with E-state index in [1.165, 1.54) is 0 Å². The van der Waals surface area contributed by atoms with Gasteiger partial charge in [0.1, 0.15) is 5.92 Å².